The second-order valence-corrected chi connectivity index (χ2v) is 3.25. The number of hydrogen-bond acceptors (Lipinski definition) is 3. The van der Waals surface area contributed by atoms with Gasteiger partial charge in [-0.1, -0.05) is 0 Å². The summed E-state index contributed by atoms with van der Waals surface area (Å²) in [5.41, 5.74) is -0.180. The van der Waals surface area contributed by atoms with Gasteiger partial charge in [0, 0.05) is 25.5 Å². The van der Waals surface area contributed by atoms with Crippen molar-refractivity contribution in [2.24, 2.45) is 0 Å². The third-order valence-corrected chi connectivity index (χ3v) is 2.32. The molecule has 0 radical (unpaired) electrons. The number of esters is 1. The molecule has 1 aliphatic heterocycles. The Kier molecular flexibility index (Phi) is 3.39. The first-order valence-corrected chi connectivity index (χ1v) is 4.35. The summed E-state index contributed by atoms with van der Waals surface area (Å²) < 4.78 is 29.1. The van der Waals surface area contributed by atoms with Gasteiger partial charge in [0.15, 0.2) is 0 Å². The van der Waals surface area contributed by atoms with E-state index in [0.29, 0.717) is 0 Å². The van der Waals surface area contributed by atoms with Crippen molar-refractivity contribution >= 4 is 11.9 Å². The number of ether oxygens (including phenoxy) is 1. The molecule has 0 aromatic heterocycles. The lowest BCUT2D eigenvalue weighted by Gasteiger charge is -2.19. The van der Waals surface area contributed by atoms with Gasteiger partial charge >= 0.3 is 5.97 Å². The van der Waals surface area contributed by atoms with Gasteiger partial charge in [0.25, 0.3) is 6.08 Å². The molecule has 0 bridgehead atoms. The molecule has 0 aliphatic carbocycles. The fourth-order valence-corrected chi connectivity index (χ4v) is 1.54. The number of likely N-dealkylation sites (tertiary alicyclic amines) is 1. The first-order chi connectivity index (χ1) is 6.97. The molecule has 1 amide bonds. The van der Waals surface area contributed by atoms with E-state index in [1.54, 1.807) is 0 Å². The van der Waals surface area contributed by atoms with Gasteiger partial charge in [-0.05, 0) is 0 Å². The zero-order chi connectivity index (χ0) is 11.6. The molecule has 0 aromatic carbocycles. The molecular weight excluding hydrogens is 208 g/mol. The van der Waals surface area contributed by atoms with Crippen molar-refractivity contribution in [2.75, 3.05) is 13.7 Å². The number of rotatable bonds is 1. The van der Waals surface area contributed by atoms with Crippen LogP contribution in [-0.2, 0) is 14.3 Å². The Morgan fingerprint density at radius 2 is 2.07 bits per heavy atom. The van der Waals surface area contributed by atoms with Crippen molar-refractivity contribution in [3.05, 3.63) is 11.7 Å². The molecule has 0 N–H and O–H groups in total. The smallest absolute Gasteiger partial charge is 0.328 e. The predicted molar refractivity (Wildman–Crippen MR) is 47.1 cm³/mol. The van der Waals surface area contributed by atoms with Crippen molar-refractivity contribution in [3.63, 3.8) is 0 Å². The second-order valence-electron chi connectivity index (χ2n) is 3.25. The van der Waals surface area contributed by atoms with Gasteiger partial charge in [-0.3, -0.25) is 4.79 Å². The standard InChI is InChI=1S/C9H11F2NO3/c1-5(13)12-4-6(8(10)11)3-7(12)9(14)15-2/h7H,3-4H2,1-2H3/t7-/m1/s1. The van der Waals surface area contributed by atoms with E-state index in [0.717, 1.165) is 12.0 Å². The number of carbonyl (C=O) groups excluding carboxylic acids is 2. The molecule has 0 unspecified atom stereocenters. The monoisotopic (exact) mass is 219 g/mol. The molecule has 1 heterocycles. The fourth-order valence-electron chi connectivity index (χ4n) is 1.54. The summed E-state index contributed by atoms with van der Waals surface area (Å²) in [4.78, 5) is 23.4. The summed E-state index contributed by atoms with van der Waals surface area (Å²) in [6, 6.07) is -0.913. The van der Waals surface area contributed by atoms with Gasteiger partial charge in [0.05, 0.1) is 7.11 Å². The highest BCUT2D eigenvalue weighted by Gasteiger charge is 2.37. The Morgan fingerprint density at radius 1 is 1.47 bits per heavy atom. The van der Waals surface area contributed by atoms with Crippen LogP contribution in [0.5, 0.6) is 0 Å². The minimum Gasteiger partial charge on any atom is -0.467 e. The van der Waals surface area contributed by atoms with Crippen LogP contribution < -0.4 is 0 Å². The first-order valence-electron chi connectivity index (χ1n) is 4.35. The lowest BCUT2D eigenvalue weighted by atomic mass is 10.2. The Morgan fingerprint density at radius 3 is 2.47 bits per heavy atom. The van der Waals surface area contributed by atoms with Gasteiger partial charge in [-0.2, -0.15) is 8.78 Å². The van der Waals surface area contributed by atoms with Crippen molar-refractivity contribution < 1.29 is 23.1 Å². The SMILES string of the molecule is COC(=O)[C@H]1CC(=C(F)F)CN1C(C)=O. The second kappa shape index (κ2) is 4.37. The van der Waals surface area contributed by atoms with Crippen LogP contribution in [0, 0.1) is 0 Å². The average molecular weight is 219 g/mol. The van der Waals surface area contributed by atoms with Crippen LogP contribution in [0.2, 0.25) is 0 Å². The van der Waals surface area contributed by atoms with Crippen molar-refractivity contribution in [1.29, 1.82) is 0 Å². The number of amides is 1. The molecule has 1 fully saturated rings. The molecule has 1 atom stereocenters. The lowest BCUT2D eigenvalue weighted by molar-refractivity contribution is -0.150. The molecule has 6 heteroatoms. The molecule has 1 rings (SSSR count). The molecule has 4 nitrogen and oxygen atoms in total. The molecule has 1 saturated heterocycles. The molecule has 0 aromatic rings. The zero-order valence-corrected chi connectivity index (χ0v) is 8.42. The van der Waals surface area contributed by atoms with Gasteiger partial charge in [-0.25, -0.2) is 4.79 Å². The first kappa shape index (κ1) is 11.6. The summed E-state index contributed by atoms with van der Waals surface area (Å²) in [7, 11) is 1.16. The van der Waals surface area contributed by atoms with Gasteiger partial charge in [0.1, 0.15) is 6.04 Å². The van der Waals surface area contributed by atoms with Crippen LogP contribution in [0.1, 0.15) is 13.3 Å². The highest BCUT2D eigenvalue weighted by Crippen LogP contribution is 2.27. The van der Waals surface area contributed by atoms with E-state index in [-0.39, 0.29) is 18.5 Å². The number of hydrogen-bond donors (Lipinski definition) is 0. The maximum atomic E-state index is 12.3. The molecular formula is C9H11F2NO3. The van der Waals surface area contributed by atoms with Crippen LogP contribution in [0.4, 0.5) is 8.78 Å². The van der Waals surface area contributed by atoms with Crippen molar-refractivity contribution in [3.8, 4) is 0 Å². The topological polar surface area (TPSA) is 46.6 Å². The minimum atomic E-state index is -1.83. The van der Waals surface area contributed by atoms with Gasteiger partial charge in [0.2, 0.25) is 5.91 Å². The Balaban J connectivity index is 2.91. The Bertz CT molecular complexity index is 323. The summed E-state index contributed by atoms with van der Waals surface area (Å²) in [5.74, 6) is -1.08. The highest BCUT2D eigenvalue weighted by atomic mass is 19.3. The largest absolute Gasteiger partial charge is 0.467 e. The maximum Gasteiger partial charge on any atom is 0.328 e. The van der Waals surface area contributed by atoms with Gasteiger partial charge in [-0.15, -0.1) is 0 Å². The zero-order valence-electron chi connectivity index (χ0n) is 8.42. The summed E-state index contributed by atoms with van der Waals surface area (Å²) >= 11 is 0. The normalized spacial score (nSPS) is 20.4. The number of nitrogens with zero attached hydrogens (tertiary/aromatic N) is 1. The summed E-state index contributed by atoms with van der Waals surface area (Å²) in [6.45, 7) is 1.03. The van der Waals surface area contributed by atoms with Crippen LogP contribution in [-0.4, -0.2) is 36.5 Å². The van der Waals surface area contributed by atoms with E-state index in [2.05, 4.69) is 4.74 Å². The van der Waals surface area contributed by atoms with E-state index >= 15 is 0 Å². The van der Waals surface area contributed by atoms with Crippen molar-refractivity contribution in [2.45, 2.75) is 19.4 Å². The molecule has 84 valence electrons. The molecule has 15 heavy (non-hydrogen) atoms. The quantitative estimate of drug-likeness (QED) is 0.616. The predicted octanol–water partition coefficient (Wildman–Crippen LogP) is 0.931. The summed E-state index contributed by atoms with van der Waals surface area (Å²) in [5, 5.41) is 0. The number of halogens is 2. The Labute approximate surface area is 85.5 Å². The minimum absolute atomic E-state index is 0.144. The number of methoxy groups -OCH3 is 1. The van der Waals surface area contributed by atoms with E-state index in [4.69, 9.17) is 0 Å². The molecule has 1 aliphatic rings. The van der Waals surface area contributed by atoms with E-state index in [1.165, 1.54) is 6.92 Å². The Hall–Kier alpha value is -1.46. The lowest BCUT2D eigenvalue weighted by Crippen LogP contribution is -2.39. The van der Waals surface area contributed by atoms with E-state index < -0.39 is 24.0 Å². The van der Waals surface area contributed by atoms with Crippen molar-refractivity contribution in [1.82, 2.24) is 4.90 Å². The van der Waals surface area contributed by atoms with Crippen LogP contribution in [0.3, 0.4) is 0 Å². The maximum absolute atomic E-state index is 12.3. The van der Waals surface area contributed by atoms with Gasteiger partial charge < -0.3 is 9.64 Å². The summed E-state index contributed by atoms with van der Waals surface area (Å²) in [6.07, 6.45) is -1.97. The van der Waals surface area contributed by atoms with Crippen LogP contribution in [0.25, 0.3) is 0 Å². The van der Waals surface area contributed by atoms with E-state index in [9.17, 15) is 18.4 Å². The fraction of sp³-hybridized carbons (Fsp3) is 0.556. The van der Waals surface area contributed by atoms with Crippen LogP contribution in [0.15, 0.2) is 11.7 Å². The molecule has 0 saturated carbocycles. The highest BCUT2D eigenvalue weighted by molar-refractivity contribution is 5.84. The molecule has 0 spiro atoms. The van der Waals surface area contributed by atoms with E-state index in [1.807, 2.05) is 0 Å². The average Bonchev–Trinajstić information content (AvgIpc) is 2.61. The van der Waals surface area contributed by atoms with Crippen LogP contribution >= 0.6 is 0 Å². The number of carbonyl (C=O) groups is 2. The third-order valence-electron chi connectivity index (χ3n) is 2.32. The third kappa shape index (κ3) is 2.31.